The number of amides is 1. The summed E-state index contributed by atoms with van der Waals surface area (Å²) in [6.45, 7) is 2.74. The van der Waals surface area contributed by atoms with E-state index in [2.05, 4.69) is 5.32 Å². The van der Waals surface area contributed by atoms with E-state index in [9.17, 15) is 44.2 Å². The smallest absolute Gasteiger partial charge is 0.317 e. The molecule has 1 atom stereocenters. The maximum absolute atomic E-state index is 14.2. The molecule has 2 rings (SSSR count). The number of aliphatic carboxylic acids is 3. The SMILES string of the molecule is C[N+](C)(C)CCO[P+]([O-])(OCCCCCCCCCCCCCCCCCC=O)c1ccc(NC(=O)CN2CCN(CC(=O)O)CCN(CC(=O)O)CCN(CC(=O)O)CC2)cc1. The molecule has 63 heavy (non-hydrogen) atoms. The van der Waals surface area contributed by atoms with Crippen molar-refractivity contribution in [1.29, 1.82) is 0 Å². The number of carboxylic acids is 3. The Morgan fingerprint density at radius 2 is 0.937 bits per heavy atom. The molecule has 0 aromatic heterocycles. The molecule has 1 unspecified atom stereocenters. The van der Waals surface area contributed by atoms with Crippen LogP contribution in [0.3, 0.4) is 0 Å². The number of carboxylic acid groups (broad SMARTS) is 3. The van der Waals surface area contributed by atoms with E-state index < -0.39 is 25.9 Å². The quantitative estimate of drug-likeness (QED) is 0.0340. The van der Waals surface area contributed by atoms with Gasteiger partial charge < -0.3 is 34.8 Å². The Labute approximate surface area is 377 Å². The third kappa shape index (κ3) is 28.4. The van der Waals surface area contributed by atoms with Crippen molar-refractivity contribution in [2.75, 3.05) is 125 Å². The number of likely N-dealkylation sites (N-methyl/N-ethyl adjacent to an activating group) is 1. The molecule has 1 heterocycles. The number of aldehydes is 1. The first-order chi connectivity index (χ1) is 30.1. The van der Waals surface area contributed by atoms with Gasteiger partial charge in [-0.1, -0.05) is 83.5 Å². The highest BCUT2D eigenvalue weighted by molar-refractivity contribution is 7.67. The number of rotatable bonds is 33. The van der Waals surface area contributed by atoms with Gasteiger partial charge in [0, 0.05) is 64.5 Å². The predicted octanol–water partition coefficient (Wildman–Crippen LogP) is 4.03. The average Bonchev–Trinajstić information content (AvgIpc) is 3.20. The van der Waals surface area contributed by atoms with Gasteiger partial charge in [-0.15, -0.1) is 0 Å². The molecule has 18 heteroatoms. The van der Waals surface area contributed by atoms with Crippen LogP contribution in [0, 0.1) is 0 Å². The van der Waals surface area contributed by atoms with E-state index >= 15 is 0 Å². The van der Waals surface area contributed by atoms with Crippen molar-refractivity contribution in [3.05, 3.63) is 24.3 Å². The first-order valence-electron chi connectivity index (χ1n) is 23.2. The minimum atomic E-state index is -3.67. The number of nitrogens with zero attached hydrogens (tertiary/aromatic N) is 5. The molecule has 360 valence electrons. The Morgan fingerprint density at radius 3 is 1.30 bits per heavy atom. The summed E-state index contributed by atoms with van der Waals surface area (Å²) in [4.78, 5) is 79.7. The second kappa shape index (κ2) is 32.5. The molecular formula is C45H80N6O11P+. The van der Waals surface area contributed by atoms with Crippen LogP contribution in [0.4, 0.5) is 5.69 Å². The van der Waals surface area contributed by atoms with E-state index in [-0.39, 0.29) is 64.9 Å². The van der Waals surface area contributed by atoms with Gasteiger partial charge in [0.1, 0.15) is 24.7 Å². The molecular weight excluding hydrogens is 831 g/mol. The van der Waals surface area contributed by atoms with Crippen LogP contribution >= 0.6 is 7.94 Å². The van der Waals surface area contributed by atoms with Gasteiger partial charge >= 0.3 is 17.9 Å². The monoisotopic (exact) mass is 912 g/mol. The van der Waals surface area contributed by atoms with E-state index in [4.69, 9.17) is 9.05 Å². The Hall–Kier alpha value is -3.12. The summed E-state index contributed by atoms with van der Waals surface area (Å²) in [6, 6.07) is 6.62. The molecule has 0 bridgehead atoms. The van der Waals surface area contributed by atoms with E-state index in [0.717, 1.165) is 32.0 Å². The summed E-state index contributed by atoms with van der Waals surface area (Å²) < 4.78 is 12.7. The molecule has 0 spiro atoms. The standard InChI is InChI=1S/C45H79N6O11P/c1-51(2,3)32-35-62-63(60,61-34-19-17-15-13-11-9-7-5-4-6-8-10-12-14-16-18-33-52)41-22-20-40(21-23-41)46-42(53)36-47-24-26-48(37-43(54)55)28-30-50(39-45(58)59)31-29-49(27-25-47)38-44(56)57/h20-23,33H,4-19,24-32,34-39H2,1-3H3,(H3-,46,53,54,55,56,57,58,59,60)/p+1. The van der Waals surface area contributed by atoms with Crippen LogP contribution in [0.2, 0.25) is 0 Å². The van der Waals surface area contributed by atoms with Crippen LogP contribution in [0.1, 0.15) is 103 Å². The summed E-state index contributed by atoms with van der Waals surface area (Å²) in [7, 11) is 2.43. The lowest BCUT2D eigenvalue weighted by molar-refractivity contribution is -0.870. The zero-order chi connectivity index (χ0) is 46.4. The van der Waals surface area contributed by atoms with E-state index in [1.165, 1.54) is 70.6 Å². The van der Waals surface area contributed by atoms with E-state index in [1.54, 1.807) is 39.0 Å². The highest BCUT2D eigenvalue weighted by atomic mass is 31.2. The average molecular weight is 912 g/mol. The zero-order valence-electron chi connectivity index (χ0n) is 38.6. The van der Waals surface area contributed by atoms with Crippen molar-refractivity contribution in [1.82, 2.24) is 19.6 Å². The van der Waals surface area contributed by atoms with Crippen molar-refractivity contribution >= 4 is 49.0 Å². The van der Waals surface area contributed by atoms with Crippen LogP contribution in [0.5, 0.6) is 0 Å². The maximum atomic E-state index is 14.2. The molecule has 1 aromatic rings. The van der Waals surface area contributed by atoms with Gasteiger partial charge in [-0.3, -0.25) is 38.8 Å². The second-order valence-electron chi connectivity index (χ2n) is 17.8. The number of quaternary nitrogens is 1. The van der Waals surface area contributed by atoms with Crippen molar-refractivity contribution < 1.29 is 57.7 Å². The fourth-order valence-electron chi connectivity index (χ4n) is 7.35. The van der Waals surface area contributed by atoms with Crippen LogP contribution in [0.25, 0.3) is 0 Å². The summed E-state index contributed by atoms with van der Waals surface area (Å²) in [5.74, 6) is -3.40. The molecule has 1 aliphatic rings. The van der Waals surface area contributed by atoms with Gasteiger partial charge in [-0.25, -0.2) is 4.52 Å². The Bertz CT molecular complexity index is 1420. The molecule has 0 radical (unpaired) electrons. The van der Waals surface area contributed by atoms with Crippen molar-refractivity contribution in [2.45, 2.75) is 103 Å². The van der Waals surface area contributed by atoms with Gasteiger partial charge in [0.15, 0.2) is 0 Å². The van der Waals surface area contributed by atoms with Crippen molar-refractivity contribution in [3.63, 3.8) is 0 Å². The van der Waals surface area contributed by atoms with Crippen LogP contribution in [-0.2, 0) is 33.0 Å². The van der Waals surface area contributed by atoms with Gasteiger partial charge in [-0.2, -0.15) is 4.52 Å². The fraction of sp³-hybridized carbons (Fsp3) is 0.756. The number of hydrogen-bond acceptors (Lipinski definition) is 12. The van der Waals surface area contributed by atoms with Gasteiger partial charge in [0.25, 0.3) is 7.94 Å². The van der Waals surface area contributed by atoms with Crippen molar-refractivity contribution in [3.8, 4) is 0 Å². The lowest BCUT2D eigenvalue weighted by Gasteiger charge is -2.32. The van der Waals surface area contributed by atoms with Crippen LogP contribution in [0.15, 0.2) is 24.3 Å². The van der Waals surface area contributed by atoms with E-state index in [1.807, 2.05) is 26.0 Å². The number of nitrogens with one attached hydrogen (secondary N) is 1. The molecule has 1 saturated heterocycles. The first kappa shape index (κ1) is 56.0. The highest BCUT2D eigenvalue weighted by Crippen LogP contribution is 2.51. The molecule has 1 aromatic carbocycles. The number of unbranched alkanes of at least 4 members (excludes halogenated alkanes) is 15. The third-order valence-electron chi connectivity index (χ3n) is 11.1. The molecule has 0 saturated carbocycles. The summed E-state index contributed by atoms with van der Waals surface area (Å²) in [5, 5.41) is 31.7. The molecule has 1 fully saturated rings. The fourth-order valence-corrected chi connectivity index (χ4v) is 8.93. The zero-order valence-corrected chi connectivity index (χ0v) is 39.5. The molecule has 0 aliphatic carbocycles. The van der Waals surface area contributed by atoms with Gasteiger partial charge in [-0.05, 0) is 37.1 Å². The Morgan fingerprint density at radius 1 is 0.587 bits per heavy atom. The highest BCUT2D eigenvalue weighted by Gasteiger charge is 2.34. The van der Waals surface area contributed by atoms with Crippen LogP contribution in [-0.4, -0.2) is 189 Å². The normalized spacial score (nSPS) is 16.4. The topological polar surface area (TPSA) is 213 Å². The molecule has 1 amide bonds. The van der Waals surface area contributed by atoms with E-state index in [0.29, 0.717) is 61.2 Å². The third-order valence-corrected chi connectivity index (χ3v) is 13.1. The lowest BCUT2D eigenvalue weighted by atomic mass is 10.0. The maximum Gasteiger partial charge on any atom is 0.317 e. The van der Waals surface area contributed by atoms with Crippen LogP contribution < -0.4 is 15.5 Å². The van der Waals surface area contributed by atoms with Crippen molar-refractivity contribution in [2.24, 2.45) is 0 Å². The number of carbonyl (C=O) groups excluding carboxylic acids is 2. The van der Waals surface area contributed by atoms with Gasteiger partial charge in [0.05, 0.1) is 53.9 Å². The first-order valence-corrected chi connectivity index (χ1v) is 24.7. The molecule has 4 N–H and O–H groups in total. The summed E-state index contributed by atoms with van der Waals surface area (Å²) in [6.07, 6.45) is 19.4. The Balaban J connectivity index is 1.92. The largest absolute Gasteiger partial charge is 0.627 e. The molecule has 1 aliphatic heterocycles. The summed E-state index contributed by atoms with van der Waals surface area (Å²) >= 11 is 0. The second-order valence-corrected chi connectivity index (χ2v) is 19.8. The minimum absolute atomic E-state index is 0.0449. The summed E-state index contributed by atoms with van der Waals surface area (Å²) in [5.41, 5.74) is 0.480. The number of hydrogen-bond donors (Lipinski definition) is 4. The Kier molecular flexibility index (Phi) is 28.9. The predicted molar refractivity (Wildman–Crippen MR) is 245 cm³/mol. The number of anilines is 1. The number of carbonyl (C=O) groups is 5. The van der Waals surface area contributed by atoms with Gasteiger partial charge in [0.2, 0.25) is 5.91 Å². The number of benzene rings is 1. The molecule has 17 nitrogen and oxygen atoms in total. The lowest BCUT2D eigenvalue weighted by Crippen LogP contribution is -2.49. The minimum Gasteiger partial charge on any atom is -0.627 e.